The summed E-state index contributed by atoms with van der Waals surface area (Å²) in [5.74, 6) is 0. The predicted octanol–water partition coefficient (Wildman–Crippen LogP) is 6.04. The van der Waals surface area contributed by atoms with Gasteiger partial charge in [-0.05, 0) is 12.8 Å². The molecule has 0 heterocycles. The van der Waals surface area contributed by atoms with Gasteiger partial charge in [0.15, 0.2) is 0 Å². The first-order valence-corrected chi connectivity index (χ1v) is 8.93. The zero-order chi connectivity index (χ0) is 15.5. The summed E-state index contributed by atoms with van der Waals surface area (Å²) in [5.41, 5.74) is 1.06. The van der Waals surface area contributed by atoms with Gasteiger partial charge in [0.05, 0.1) is 4.92 Å². The van der Waals surface area contributed by atoms with Gasteiger partial charge >= 0.3 is 0 Å². The number of hydrogen-bond donors (Lipinski definition) is 0. The predicted molar refractivity (Wildman–Crippen MR) is 92.1 cm³/mol. The number of benzene rings is 1. The van der Waals surface area contributed by atoms with Gasteiger partial charge in [-0.2, -0.15) is 0 Å². The maximum absolute atomic E-state index is 11.0. The van der Waals surface area contributed by atoms with E-state index in [1.807, 2.05) is 12.1 Å². The molecule has 3 nitrogen and oxygen atoms in total. The topological polar surface area (TPSA) is 43.1 Å². The Morgan fingerprint density at radius 3 is 2.38 bits per heavy atom. The first-order chi connectivity index (χ1) is 10.1. The molecule has 0 bridgehead atoms. The van der Waals surface area contributed by atoms with Crippen LogP contribution in [0.4, 0.5) is 5.69 Å². The zero-order valence-electron chi connectivity index (χ0n) is 12.9. The summed E-state index contributed by atoms with van der Waals surface area (Å²) in [6.45, 7) is 2.23. The van der Waals surface area contributed by atoms with Crippen LogP contribution in [0.3, 0.4) is 0 Å². The van der Waals surface area contributed by atoms with Gasteiger partial charge in [-0.1, -0.05) is 86.0 Å². The molecule has 1 rings (SSSR count). The molecular formula is C17H26BrNO2. The fourth-order valence-electron chi connectivity index (χ4n) is 2.53. The van der Waals surface area contributed by atoms with Crippen molar-refractivity contribution in [2.24, 2.45) is 0 Å². The van der Waals surface area contributed by atoms with Crippen LogP contribution in [0, 0.1) is 10.1 Å². The summed E-state index contributed by atoms with van der Waals surface area (Å²) in [5, 5.41) is 11.0. The van der Waals surface area contributed by atoms with Crippen molar-refractivity contribution in [3.63, 3.8) is 0 Å². The van der Waals surface area contributed by atoms with Crippen LogP contribution in [-0.2, 0) is 6.42 Å². The van der Waals surface area contributed by atoms with Crippen molar-refractivity contribution in [2.45, 2.75) is 69.5 Å². The van der Waals surface area contributed by atoms with Crippen LogP contribution in [0.15, 0.2) is 24.3 Å². The highest BCUT2D eigenvalue weighted by molar-refractivity contribution is 9.09. The molecule has 21 heavy (non-hydrogen) atoms. The number of rotatable bonds is 11. The number of nitrogens with zero attached hydrogens (tertiary/aromatic N) is 1. The quantitative estimate of drug-likeness (QED) is 0.210. The second-order valence-electron chi connectivity index (χ2n) is 5.60. The Morgan fingerprint density at radius 1 is 1.10 bits per heavy atom. The van der Waals surface area contributed by atoms with E-state index in [2.05, 4.69) is 22.9 Å². The van der Waals surface area contributed by atoms with E-state index in [0.29, 0.717) is 4.83 Å². The highest BCUT2D eigenvalue weighted by Gasteiger charge is 2.15. The molecule has 0 aromatic heterocycles. The second-order valence-corrected chi connectivity index (χ2v) is 6.89. The maximum atomic E-state index is 11.0. The van der Waals surface area contributed by atoms with Crippen molar-refractivity contribution in [1.29, 1.82) is 0 Å². The highest BCUT2D eigenvalue weighted by Crippen LogP contribution is 2.24. The summed E-state index contributed by atoms with van der Waals surface area (Å²) >= 11 is 3.67. The second kappa shape index (κ2) is 10.8. The molecule has 1 atom stereocenters. The van der Waals surface area contributed by atoms with Crippen LogP contribution in [-0.4, -0.2) is 9.75 Å². The summed E-state index contributed by atoms with van der Waals surface area (Å²) in [6.07, 6.45) is 10.9. The molecule has 1 unspecified atom stereocenters. The Morgan fingerprint density at radius 2 is 1.71 bits per heavy atom. The monoisotopic (exact) mass is 355 g/mol. The van der Waals surface area contributed by atoms with Crippen LogP contribution in [0.5, 0.6) is 0 Å². The normalized spacial score (nSPS) is 12.3. The third kappa shape index (κ3) is 7.60. The van der Waals surface area contributed by atoms with Crippen molar-refractivity contribution >= 4 is 21.6 Å². The van der Waals surface area contributed by atoms with Crippen LogP contribution >= 0.6 is 15.9 Å². The maximum Gasteiger partial charge on any atom is 0.272 e. The molecule has 0 saturated heterocycles. The van der Waals surface area contributed by atoms with E-state index in [9.17, 15) is 10.1 Å². The molecule has 0 fully saturated rings. The van der Waals surface area contributed by atoms with E-state index in [4.69, 9.17) is 0 Å². The molecule has 0 aliphatic rings. The van der Waals surface area contributed by atoms with Crippen LogP contribution < -0.4 is 0 Å². The van der Waals surface area contributed by atoms with E-state index in [1.165, 1.54) is 44.9 Å². The molecule has 0 saturated carbocycles. The van der Waals surface area contributed by atoms with E-state index in [1.54, 1.807) is 12.1 Å². The van der Waals surface area contributed by atoms with Gasteiger partial charge in [0.1, 0.15) is 0 Å². The number of alkyl halides is 1. The first kappa shape index (κ1) is 18.1. The fourth-order valence-corrected chi connectivity index (χ4v) is 3.20. The smallest absolute Gasteiger partial charge is 0.258 e. The number of halogens is 1. The molecule has 0 aliphatic heterocycles. The standard InChI is InChI=1S/C17H26BrNO2/c1-2-3-4-5-6-7-8-12-16(18)14-15-11-9-10-13-17(15)19(20)21/h9-11,13,16H,2-8,12,14H2,1H3. The van der Waals surface area contributed by atoms with E-state index >= 15 is 0 Å². The van der Waals surface area contributed by atoms with Crippen LogP contribution in [0.25, 0.3) is 0 Å². The van der Waals surface area contributed by atoms with Gasteiger partial charge in [0.2, 0.25) is 0 Å². The zero-order valence-corrected chi connectivity index (χ0v) is 14.5. The highest BCUT2D eigenvalue weighted by atomic mass is 79.9. The lowest BCUT2D eigenvalue weighted by Gasteiger charge is -2.10. The van der Waals surface area contributed by atoms with E-state index in [0.717, 1.165) is 18.4 Å². The molecule has 1 aromatic carbocycles. The molecule has 118 valence electrons. The molecular weight excluding hydrogens is 330 g/mol. The fraction of sp³-hybridized carbons (Fsp3) is 0.647. The average Bonchev–Trinajstić information content (AvgIpc) is 2.46. The van der Waals surface area contributed by atoms with Gasteiger partial charge in [-0.25, -0.2) is 0 Å². The number of nitro groups is 1. The molecule has 0 amide bonds. The van der Waals surface area contributed by atoms with E-state index < -0.39 is 0 Å². The molecule has 0 radical (unpaired) electrons. The third-order valence-corrected chi connectivity index (χ3v) is 4.53. The molecule has 0 N–H and O–H groups in total. The van der Waals surface area contributed by atoms with E-state index in [-0.39, 0.29) is 10.6 Å². The minimum absolute atomic E-state index is 0.238. The average molecular weight is 356 g/mol. The van der Waals surface area contributed by atoms with Gasteiger partial charge in [0, 0.05) is 16.5 Å². The van der Waals surface area contributed by atoms with Gasteiger partial charge < -0.3 is 0 Å². The lowest BCUT2D eigenvalue weighted by Crippen LogP contribution is -2.05. The number of unbranched alkanes of at least 4 members (excludes halogenated alkanes) is 6. The number of hydrogen-bond acceptors (Lipinski definition) is 2. The van der Waals surface area contributed by atoms with Crippen molar-refractivity contribution in [3.05, 3.63) is 39.9 Å². The lowest BCUT2D eigenvalue weighted by molar-refractivity contribution is -0.385. The van der Waals surface area contributed by atoms with Crippen LogP contribution in [0.1, 0.15) is 63.9 Å². The van der Waals surface area contributed by atoms with Gasteiger partial charge in [0.25, 0.3) is 5.69 Å². The summed E-state index contributed by atoms with van der Waals surface area (Å²) in [6, 6.07) is 7.04. The summed E-state index contributed by atoms with van der Waals surface area (Å²) in [4.78, 5) is 11.0. The largest absolute Gasteiger partial charge is 0.272 e. The van der Waals surface area contributed by atoms with Crippen molar-refractivity contribution in [1.82, 2.24) is 0 Å². The Balaban J connectivity index is 2.25. The number of nitro benzene ring substituents is 1. The molecule has 0 spiro atoms. The summed E-state index contributed by atoms with van der Waals surface area (Å²) in [7, 11) is 0. The number of para-hydroxylation sites is 1. The Kier molecular flexibility index (Phi) is 9.31. The minimum Gasteiger partial charge on any atom is -0.258 e. The minimum atomic E-state index is -0.289. The Labute approximate surface area is 136 Å². The van der Waals surface area contributed by atoms with Gasteiger partial charge in [-0.3, -0.25) is 10.1 Å². The Hall–Kier alpha value is -0.900. The summed E-state index contributed by atoms with van der Waals surface area (Å²) < 4.78 is 0. The van der Waals surface area contributed by atoms with Crippen molar-refractivity contribution in [2.75, 3.05) is 0 Å². The van der Waals surface area contributed by atoms with Gasteiger partial charge in [-0.15, -0.1) is 0 Å². The Bertz CT molecular complexity index is 423. The van der Waals surface area contributed by atoms with Crippen molar-refractivity contribution < 1.29 is 4.92 Å². The van der Waals surface area contributed by atoms with Crippen molar-refractivity contribution in [3.8, 4) is 0 Å². The first-order valence-electron chi connectivity index (χ1n) is 8.01. The van der Waals surface area contributed by atoms with Crippen LogP contribution in [0.2, 0.25) is 0 Å². The lowest BCUT2D eigenvalue weighted by atomic mass is 10.0. The molecule has 1 aromatic rings. The molecule has 4 heteroatoms. The molecule has 0 aliphatic carbocycles. The SMILES string of the molecule is CCCCCCCCCC(Br)Cc1ccccc1[N+](=O)[O-]. The third-order valence-electron chi connectivity index (χ3n) is 3.75.